The third kappa shape index (κ3) is 8.05. The third-order valence-electron chi connectivity index (χ3n) is 8.73. The zero-order valence-corrected chi connectivity index (χ0v) is 22.4. The van der Waals surface area contributed by atoms with Gasteiger partial charge in [-0.1, -0.05) is 51.0 Å². The fourth-order valence-electron chi connectivity index (χ4n) is 6.78. The molecule has 0 aromatic rings. The summed E-state index contributed by atoms with van der Waals surface area (Å²) in [4.78, 5) is 0. The van der Waals surface area contributed by atoms with Crippen molar-refractivity contribution in [2.45, 2.75) is 116 Å². The number of rotatable bonds is 8. The normalized spacial score (nSPS) is 32.9. The SMILES string of the molecule is C=C1/C(=C\C=C2/CCC[C@@]3(C)C2CCC3[C@H](C)CCCC(C)(C)O)CCCC1O.OCCCO. The zero-order chi connectivity index (χ0) is 25.4. The molecular weight excluding hydrogens is 424 g/mol. The Morgan fingerprint density at radius 3 is 2.38 bits per heavy atom. The molecule has 4 heteroatoms. The van der Waals surface area contributed by atoms with Gasteiger partial charge in [0.05, 0.1) is 11.7 Å². The maximum Gasteiger partial charge on any atom is 0.0787 e. The van der Waals surface area contributed by atoms with Gasteiger partial charge in [-0.25, -0.2) is 0 Å². The molecule has 5 atom stereocenters. The average molecular weight is 477 g/mol. The van der Waals surface area contributed by atoms with Crippen LogP contribution in [0.3, 0.4) is 0 Å². The number of hydrogen-bond donors (Lipinski definition) is 4. The Bertz CT molecular complexity index is 699. The monoisotopic (exact) mass is 476 g/mol. The van der Waals surface area contributed by atoms with Gasteiger partial charge in [0, 0.05) is 13.2 Å². The Hall–Kier alpha value is -0.940. The van der Waals surface area contributed by atoms with E-state index < -0.39 is 5.60 Å². The van der Waals surface area contributed by atoms with Crippen molar-refractivity contribution in [3.8, 4) is 0 Å². The molecule has 0 bridgehead atoms. The average Bonchev–Trinajstić information content (AvgIpc) is 3.12. The summed E-state index contributed by atoms with van der Waals surface area (Å²) >= 11 is 0. The van der Waals surface area contributed by atoms with E-state index in [1.807, 2.05) is 13.8 Å². The van der Waals surface area contributed by atoms with Crippen LogP contribution in [0.15, 0.2) is 35.5 Å². The van der Waals surface area contributed by atoms with Crippen molar-refractivity contribution in [1.82, 2.24) is 0 Å². The molecule has 3 fully saturated rings. The molecular formula is C30H52O4. The maximum absolute atomic E-state index is 10.1. The lowest BCUT2D eigenvalue weighted by atomic mass is 9.60. The quantitative estimate of drug-likeness (QED) is 0.341. The molecule has 3 unspecified atom stereocenters. The number of aliphatic hydroxyl groups is 4. The lowest BCUT2D eigenvalue weighted by molar-refractivity contribution is 0.0596. The smallest absolute Gasteiger partial charge is 0.0787 e. The Morgan fingerprint density at radius 1 is 1.06 bits per heavy atom. The van der Waals surface area contributed by atoms with Gasteiger partial charge in [-0.05, 0) is 112 Å². The Morgan fingerprint density at radius 2 is 1.76 bits per heavy atom. The molecule has 34 heavy (non-hydrogen) atoms. The molecule has 4 nitrogen and oxygen atoms in total. The Labute approximate surface area is 208 Å². The first-order valence-electron chi connectivity index (χ1n) is 13.7. The molecule has 3 rings (SSSR count). The standard InChI is InChI=1S/C27H44O2.C3H8O2/c1-19(9-7-17-26(3,4)29)23-15-16-24-22(11-8-18-27(23,24)5)14-13-21-10-6-12-25(28)20(21)2;4-2-1-3-5/h13-14,19,23-25,28-29H,2,6-12,15-18H2,1,3-5H3;4-5H,1-3H2/b21-13-,22-14+;/t19-,23?,24?,25?,27-;/m1./s1. The second-order valence-electron chi connectivity index (χ2n) is 11.9. The topological polar surface area (TPSA) is 80.9 Å². The highest BCUT2D eigenvalue weighted by molar-refractivity contribution is 5.37. The maximum atomic E-state index is 10.1. The lowest BCUT2D eigenvalue weighted by Gasteiger charge is -2.44. The van der Waals surface area contributed by atoms with E-state index in [-0.39, 0.29) is 19.3 Å². The number of fused-ring (bicyclic) bond motifs is 1. The van der Waals surface area contributed by atoms with E-state index >= 15 is 0 Å². The fraction of sp³-hybridized carbons (Fsp3) is 0.800. The van der Waals surface area contributed by atoms with Gasteiger partial charge in [0.25, 0.3) is 0 Å². The summed E-state index contributed by atoms with van der Waals surface area (Å²) in [6.45, 7) is 13.2. The molecule has 0 saturated heterocycles. The number of allylic oxidation sites excluding steroid dienone is 3. The van der Waals surface area contributed by atoms with Crippen molar-refractivity contribution in [3.63, 3.8) is 0 Å². The fourth-order valence-corrected chi connectivity index (χ4v) is 6.78. The molecule has 3 aliphatic carbocycles. The van der Waals surface area contributed by atoms with E-state index in [1.165, 1.54) is 44.1 Å². The molecule has 0 heterocycles. The van der Waals surface area contributed by atoms with Crippen molar-refractivity contribution in [2.24, 2.45) is 23.2 Å². The third-order valence-corrected chi connectivity index (χ3v) is 8.73. The molecule has 0 radical (unpaired) electrons. The predicted molar refractivity (Wildman–Crippen MR) is 141 cm³/mol. The summed E-state index contributed by atoms with van der Waals surface area (Å²) in [6, 6.07) is 0. The van der Waals surface area contributed by atoms with Crippen molar-refractivity contribution in [3.05, 3.63) is 35.5 Å². The van der Waals surface area contributed by atoms with Crippen LogP contribution >= 0.6 is 0 Å². The van der Waals surface area contributed by atoms with E-state index in [1.54, 1.807) is 5.57 Å². The van der Waals surface area contributed by atoms with Crippen molar-refractivity contribution >= 4 is 0 Å². The summed E-state index contributed by atoms with van der Waals surface area (Å²) in [5, 5.41) is 36.0. The van der Waals surface area contributed by atoms with Gasteiger partial charge < -0.3 is 20.4 Å². The van der Waals surface area contributed by atoms with Gasteiger partial charge in [0.15, 0.2) is 0 Å². The van der Waals surface area contributed by atoms with Gasteiger partial charge in [-0.15, -0.1) is 0 Å². The minimum absolute atomic E-state index is 0.0938. The largest absolute Gasteiger partial charge is 0.396 e. The molecule has 0 spiro atoms. The molecule has 196 valence electrons. The van der Waals surface area contributed by atoms with Gasteiger partial charge in [-0.2, -0.15) is 0 Å². The van der Waals surface area contributed by atoms with E-state index in [4.69, 9.17) is 10.2 Å². The van der Waals surface area contributed by atoms with Crippen LogP contribution in [0.5, 0.6) is 0 Å². The minimum atomic E-state index is -0.535. The van der Waals surface area contributed by atoms with Gasteiger partial charge >= 0.3 is 0 Å². The van der Waals surface area contributed by atoms with Crippen LogP contribution in [0.2, 0.25) is 0 Å². The first-order chi connectivity index (χ1) is 16.0. The molecule has 0 aromatic heterocycles. The predicted octanol–water partition coefficient (Wildman–Crippen LogP) is 6.10. The van der Waals surface area contributed by atoms with Gasteiger partial charge in [0.2, 0.25) is 0 Å². The van der Waals surface area contributed by atoms with Crippen LogP contribution in [-0.4, -0.2) is 45.3 Å². The van der Waals surface area contributed by atoms with Crippen LogP contribution in [0.1, 0.15) is 105 Å². The highest BCUT2D eigenvalue weighted by Crippen LogP contribution is 2.60. The van der Waals surface area contributed by atoms with E-state index in [9.17, 15) is 10.2 Å². The first-order valence-corrected chi connectivity index (χ1v) is 13.7. The highest BCUT2D eigenvalue weighted by atomic mass is 16.3. The Kier molecular flexibility index (Phi) is 11.5. The minimum Gasteiger partial charge on any atom is -0.396 e. The summed E-state index contributed by atoms with van der Waals surface area (Å²) in [5.74, 6) is 2.26. The molecule has 0 aromatic carbocycles. The summed E-state index contributed by atoms with van der Waals surface area (Å²) in [5.41, 5.74) is 3.74. The second kappa shape index (κ2) is 13.4. The highest BCUT2D eigenvalue weighted by Gasteiger charge is 2.50. The Balaban J connectivity index is 0.000000739. The van der Waals surface area contributed by atoms with Crippen LogP contribution in [0, 0.1) is 23.2 Å². The lowest BCUT2D eigenvalue weighted by Crippen LogP contribution is -2.36. The van der Waals surface area contributed by atoms with Gasteiger partial charge in [0.1, 0.15) is 0 Å². The second-order valence-corrected chi connectivity index (χ2v) is 11.9. The summed E-state index contributed by atoms with van der Waals surface area (Å²) in [7, 11) is 0. The van der Waals surface area contributed by atoms with Crippen molar-refractivity contribution in [1.29, 1.82) is 0 Å². The molecule has 0 aliphatic heterocycles. The van der Waals surface area contributed by atoms with Gasteiger partial charge in [-0.3, -0.25) is 0 Å². The van der Waals surface area contributed by atoms with Crippen LogP contribution in [-0.2, 0) is 0 Å². The molecule has 4 N–H and O–H groups in total. The van der Waals surface area contributed by atoms with Crippen LogP contribution in [0.4, 0.5) is 0 Å². The molecule has 3 saturated carbocycles. The van der Waals surface area contributed by atoms with Crippen LogP contribution in [0.25, 0.3) is 0 Å². The van der Waals surface area contributed by atoms with Crippen molar-refractivity contribution in [2.75, 3.05) is 13.2 Å². The van der Waals surface area contributed by atoms with E-state index in [0.29, 0.717) is 11.8 Å². The molecule has 3 aliphatic rings. The van der Waals surface area contributed by atoms with Crippen LogP contribution < -0.4 is 0 Å². The zero-order valence-electron chi connectivity index (χ0n) is 22.4. The number of hydrogen-bond acceptors (Lipinski definition) is 4. The summed E-state index contributed by atoms with van der Waals surface area (Å²) in [6.07, 6.45) is 17.7. The van der Waals surface area contributed by atoms with Crippen molar-refractivity contribution < 1.29 is 20.4 Å². The summed E-state index contributed by atoms with van der Waals surface area (Å²) < 4.78 is 0. The number of aliphatic hydroxyl groups excluding tert-OH is 3. The molecule has 0 amide bonds. The van der Waals surface area contributed by atoms with E-state index in [0.717, 1.165) is 55.4 Å². The van der Waals surface area contributed by atoms with E-state index in [2.05, 4.69) is 32.6 Å². The first kappa shape index (κ1) is 29.3.